The normalized spacial score (nSPS) is 11.5. The number of fused-ring (bicyclic) bond motifs is 1. The Morgan fingerprint density at radius 1 is 0.917 bits per heavy atom. The second kappa shape index (κ2) is 6.35. The average Bonchev–Trinajstić information content (AvgIpc) is 2.54. The number of carbonyl (C=O) groups is 1. The molecule has 0 fully saturated rings. The third-order valence-electron chi connectivity index (χ3n) is 3.68. The Bertz CT molecular complexity index is 882. The van der Waals surface area contributed by atoms with E-state index >= 15 is 0 Å². The summed E-state index contributed by atoms with van der Waals surface area (Å²) in [4.78, 5) is 12.2. The number of carbonyl (C=O) groups excluding carboxylic acids is 1. The number of hydrogen-bond acceptors (Lipinski definition) is 1. The van der Waals surface area contributed by atoms with E-state index in [4.69, 9.17) is 0 Å². The van der Waals surface area contributed by atoms with Gasteiger partial charge in [0.05, 0.1) is 12.0 Å². The van der Waals surface area contributed by atoms with Gasteiger partial charge < -0.3 is 5.32 Å². The quantitative estimate of drug-likeness (QED) is 0.716. The zero-order valence-corrected chi connectivity index (χ0v) is 12.6. The van der Waals surface area contributed by atoms with E-state index in [0.717, 1.165) is 22.9 Å². The molecule has 2 nitrogen and oxygen atoms in total. The average molecular weight is 329 g/mol. The van der Waals surface area contributed by atoms with Gasteiger partial charge >= 0.3 is 6.18 Å². The summed E-state index contributed by atoms with van der Waals surface area (Å²) in [6, 6.07) is 17.9. The molecule has 0 aliphatic rings. The first kappa shape index (κ1) is 16.1. The molecule has 24 heavy (non-hydrogen) atoms. The van der Waals surface area contributed by atoms with Gasteiger partial charge in [-0.3, -0.25) is 4.79 Å². The topological polar surface area (TPSA) is 29.1 Å². The number of amides is 1. The predicted octanol–water partition coefficient (Wildman–Crippen LogP) is 5.04. The lowest BCUT2D eigenvalue weighted by Crippen LogP contribution is -2.15. The third-order valence-corrected chi connectivity index (χ3v) is 3.68. The van der Waals surface area contributed by atoms with Crippen molar-refractivity contribution in [2.75, 3.05) is 5.32 Å². The summed E-state index contributed by atoms with van der Waals surface area (Å²) < 4.78 is 38.2. The SMILES string of the molecule is O=C(Cc1cccc(C(F)(F)F)c1)Nc1cccc2ccccc12. The maximum Gasteiger partial charge on any atom is 0.416 e. The van der Waals surface area contributed by atoms with Crippen LogP contribution in [0.3, 0.4) is 0 Å². The lowest BCUT2D eigenvalue weighted by atomic mass is 10.1. The fourth-order valence-electron chi connectivity index (χ4n) is 2.57. The van der Waals surface area contributed by atoms with Gasteiger partial charge in [0.2, 0.25) is 5.91 Å². The molecule has 0 aliphatic heterocycles. The Morgan fingerprint density at radius 2 is 1.62 bits per heavy atom. The van der Waals surface area contributed by atoms with Crippen LogP contribution in [0, 0.1) is 0 Å². The van der Waals surface area contributed by atoms with Crippen LogP contribution in [-0.4, -0.2) is 5.91 Å². The maximum absolute atomic E-state index is 12.7. The smallest absolute Gasteiger partial charge is 0.325 e. The first-order valence-corrected chi connectivity index (χ1v) is 7.37. The Hall–Kier alpha value is -2.82. The molecule has 0 saturated heterocycles. The Kier molecular flexibility index (Phi) is 4.25. The molecule has 5 heteroatoms. The van der Waals surface area contributed by atoms with Crippen LogP contribution in [0.1, 0.15) is 11.1 Å². The highest BCUT2D eigenvalue weighted by molar-refractivity contribution is 6.02. The van der Waals surface area contributed by atoms with Gasteiger partial charge in [-0.25, -0.2) is 0 Å². The Labute approximate surface area is 136 Å². The summed E-state index contributed by atoms with van der Waals surface area (Å²) in [5.41, 5.74) is 0.214. The molecule has 0 spiro atoms. The van der Waals surface area contributed by atoms with E-state index in [9.17, 15) is 18.0 Å². The van der Waals surface area contributed by atoms with E-state index in [0.29, 0.717) is 11.3 Å². The second-order valence-electron chi connectivity index (χ2n) is 5.45. The molecule has 122 valence electrons. The lowest BCUT2D eigenvalue weighted by Gasteiger charge is -2.10. The van der Waals surface area contributed by atoms with Gasteiger partial charge in [0.15, 0.2) is 0 Å². The van der Waals surface area contributed by atoms with Crippen LogP contribution in [0.5, 0.6) is 0 Å². The van der Waals surface area contributed by atoms with E-state index in [2.05, 4.69) is 5.32 Å². The van der Waals surface area contributed by atoms with Crippen molar-refractivity contribution in [2.45, 2.75) is 12.6 Å². The maximum atomic E-state index is 12.7. The molecule has 0 aliphatic carbocycles. The number of halogens is 3. The Morgan fingerprint density at radius 3 is 2.42 bits per heavy atom. The van der Waals surface area contributed by atoms with Crippen LogP contribution in [0.4, 0.5) is 18.9 Å². The number of benzene rings is 3. The summed E-state index contributed by atoms with van der Waals surface area (Å²) in [6.45, 7) is 0. The number of anilines is 1. The largest absolute Gasteiger partial charge is 0.416 e. The van der Waals surface area contributed by atoms with Crippen LogP contribution in [0.2, 0.25) is 0 Å². The molecular formula is C19H14F3NO. The number of rotatable bonds is 3. The molecule has 0 unspecified atom stereocenters. The molecule has 1 amide bonds. The van der Waals surface area contributed by atoms with E-state index < -0.39 is 11.7 Å². The number of hydrogen-bond donors (Lipinski definition) is 1. The van der Waals surface area contributed by atoms with Gasteiger partial charge in [-0.15, -0.1) is 0 Å². The van der Waals surface area contributed by atoms with Gasteiger partial charge in [0, 0.05) is 11.1 Å². The first-order valence-electron chi connectivity index (χ1n) is 7.37. The molecule has 3 aromatic rings. The predicted molar refractivity (Wildman–Crippen MR) is 87.7 cm³/mol. The monoisotopic (exact) mass is 329 g/mol. The van der Waals surface area contributed by atoms with Crippen molar-refractivity contribution < 1.29 is 18.0 Å². The van der Waals surface area contributed by atoms with Gasteiger partial charge in [0.1, 0.15) is 0 Å². The van der Waals surface area contributed by atoms with Crippen molar-refractivity contribution in [3.8, 4) is 0 Å². The minimum Gasteiger partial charge on any atom is -0.325 e. The van der Waals surface area contributed by atoms with E-state index in [-0.39, 0.29) is 12.3 Å². The molecule has 0 aromatic heterocycles. The molecule has 0 bridgehead atoms. The molecule has 1 N–H and O–H groups in total. The highest BCUT2D eigenvalue weighted by Crippen LogP contribution is 2.29. The summed E-state index contributed by atoms with van der Waals surface area (Å²) in [5.74, 6) is -0.356. The summed E-state index contributed by atoms with van der Waals surface area (Å²) in [7, 11) is 0. The minimum atomic E-state index is -4.41. The Balaban J connectivity index is 1.78. The van der Waals surface area contributed by atoms with Crippen LogP contribution in [-0.2, 0) is 17.4 Å². The van der Waals surface area contributed by atoms with Gasteiger partial charge in [-0.1, -0.05) is 54.6 Å². The molecule has 3 rings (SSSR count). The number of nitrogens with one attached hydrogen (secondary N) is 1. The van der Waals surface area contributed by atoms with Gasteiger partial charge in [-0.05, 0) is 23.1 Å². The summed E-state index contributed by atoms with van der Waals surface area (Å²) in [6.07, 6.45) is -4.53. The highest BCUT2D eigenvalue weighted by Gasteiger charge is 2.30. The van der Waals surface area contributed by atoms with Crippen LogP contribution >= 0.6 is 0 Å². The zero-order chi connectivity index (χ0) is 17.2. The fourth-order valence-corrected chi connectivity index (χ4v) is 2.57. The van der Waals surface area contributed by atoms with Crippen molar-refractivity contribution >= 4 is 22.4 Å². The van der Waals surface area contributed by atoms with Gasteiger partial charge in [-0.2, -0.15) is 13.2 Å². The van der Waals surface area contributed by atoms with E-state index in [1.807, 2.05) is 36.4 Å². The highest BCUT2D eigenvalue weighted by atomic mass is 19.4. The van der Waals surface area contributed by atoms with Crippen molar-refractivity contribution in [1.29, 1.82) is 0 Å². The summed E-state index contributed by atoms with van der Waals surface area (Å²) in [5, 5.41) is 4.64. The van der Waals surface area contributed by atoms with E-state index in [1.54, 1.807) is 6.07 Å². The fraction of sp³-hybridized carbons (Fsp3) is 0.105. The van der Waals surface area contributed by atoms with Gasteiger partial charge in [0.25, 0.3) is 0 Å². The molecule has 0 saturated carbocycles. The molecule has 0 atom stereocenters. The van der Waals surface area contributed by atoms with E-state index in [1.165, 1.54) is 12.1 Å². The van der Waals surface area contributed by atoms with Crippen molar-refractivity contribution in [3.05, 3.63) is 77.9 Å². The van der Waals surface area contributed by atoms with Crippen molar-refractivity contribution in [2.24, 2.45) is 0 Å². The van der Waals surface area contributed by atoms with Crippen LogP contribution < -0.4 is 5.32 Å². The number of alkyl halides is 3. The van der Waals surface area contributed by atoms with Crippen molar-refractivity contribution in [1.82, 2.24) is 0 Å². The van der Waals surface area contributed by atoms with Crippen molar-refractivity contribution in [3.63, 3.8) is 0 Å². The first-order chi connectivity index (χ1) is 11.4. The standard InChI is InChI=1S/C19H14F3NO/c20-19(21,22)15-8-3-5-13(11-15)12-18(24)23-17-10-4-7-14-6-1-2-9-16(14)17/h1-11H,12H2,(H,23,24). The zero-order valence-electron chi connectivity index (χ0n) is 12.6. The molecule has 0 radical (unpaired) electrons. The minimum absolute atomic E-state index is 0.118. The summed E-state index contributed by atoms with van der Waals surface area (Å²) >= 11 is 0. The van der Waals surface area contributed by atoms with Crippen LogP contribution in [0.25, 0.3) is 10.8 Å². The molecular weight excluding hydrogens is 315 g/mol. The third kappa shape index (κ3) is 3.56. The van der Waals surface area contributed by atoms with Crippen LogP contribution in [0.15, 0.2) is 66.7 Å². The molecule has 0 heterocycles. The second-order valence-corrected chi connectivity index (χ2v) is 5.45. The lowest BCUT2D eigenvalue weighted by molar-refractivity contribution is -0.137. The molecule has 3 aromatic carbocycles.